The highest BCUT2D eigenvalue weighted by Crippen LogP contribution is 2.32. The van der Waals surface area contributed by atoms with Gasteiger partial charge in [-0.25, -0.2) is 4.79 Å². The van der Waals surface area contributed by atoms with E-state index in [9.17, 15) is 9.90 Å². The molecule has 4 heteroatoms. The minimum absolute atomic E-state index is 0.387. The molecule has 3 rings (SSSR count). The summed E-state index contributed by atoms with van der Waals surface area (Å²) < 4.78 is 0. The number of rotatable bonds is 1. The minimum Gasteiger partial charge on any atom is -0.478 e. The van der Waals surface area contributed by atoms with E-state index < -0.39 is 5.97 Å². The number of pyridine rings is 1. The molecule has 0 bridgehead atoms. The Hall–Kier alpha value is -1.61. The third-order valence-electron chi connectivity index (χ3n) is 3.49. The van der Waals surface area contributed by atoms with E-state index >= 15 is 0 Å². The summed E-state index contributed by atoms with van der Waals surface area (Å²) in [6.07, 6.45) is 2.64. The van der Waals surface area contributed by atoms with Gasteiger partial charge in [0.1, 0.15) is 0 Å². The maximum Gasteiger partial charge on any atom is 0.336 e. The van der Waals surface area contributed by atoms with E-state index in [0.717, 1.165) is 41.6 Å². The van der Waals surface area contributed by atoms with Crippen LogP contribution in [0.4, 0.5) is 0 Å². The van der Waals surface area contributed by atoms with Crippen LogP contribution in [0.5, 0.6) is 0 Å². The van der Waals surface area contributed by atoms with E-state index in [2.05, 4.69) is 4.98 Å². The molecule has 0 radical (unpaired) electrons. The number of aryl methyl sites for hydroxylation is 2. The fraction of sp³-hybridized carbons (Fsp3) is 0.286. The van der Waals surface area contributed by atoms with Gasteiger partial charge in [-0.3, -0.25) is 4.98 Å². The Morgan fingerprint density at radius 2 is 2.17 bits per heavy atom. The lowest BCUT2D eigenvalue weighted by Gasteiger charge is -2.11. The molecule has 0 amide bonds. The van der Waals surface area contributed by atoms with Gasteiger partial charge in [-0.15, -0.1) is 0 Å². The predicted molar refractivity (Wildman–Crippen MR) is 70.5 cm³/mol. The molecular formula is C14H12ClNO2. The average molecular weight is 262 g/mol. The highest BCUT2D eigenvalue weighted by molar-refractivity contribution is 6.31. The van der Waals surface area contributed by atoms with E-state index in [0.29, 0.717) is 16.0 Å². The van der Waals surface area contributed by atoms with Gasteiger partial charge < -0.3 is 5.11 Å². The van der Waals surface area contributed by atoms with Crippen LogP contribution in [0.25, 0.3) is 10.9 Å². The number of benzene rings is 1. The second-order valence-electron chi connectivity index (χ2n) is 4.69. The van der Waals surface area contributed by atoms with Crippen LogP contribution in [0.1, 0.15) is 33.6 Å². The van der Waals surface area contributed by atoms with Gasteiger partial charge in [0, 0.05) is 16.1 Å². The second-order valence-corrected chi connectivity index (χ2v) is 5.13. The van der Waals surface area contributed by atoms with Crippen LogP contribution >= 0.6 is 11.6 Å². The number of aromatic nitrogens is 1. The SMILES string of the molecule is Cc1cc(Cl)cc2c(C(=O)O)c3c(nc12)CCC3. The third-order valence-corrected chi connectivity index (χ3v) is 3.70. The van der Waals surface area contributed by atoms with Crippen molar-refractivity contribution < 1.29 is 9.90 Å². The second kappa shape index (κ2) is 3.95. The van der Waals surface area contributed by atoms with Gasteiger partial charge in [0.05, 0.1) is 11.1 Å². The van der Waals surface area contributed by atoms with E-state index in [1.54, 1.807) is 6.07 Å². The smallest absolute Gasteiger partial charge is 0.336 e. The molecule has 2 aromatic rings. The number of fused-ring (bicyclic) bond motifs is 2. The standard InChI is InChI=1S/C14H12ClNO2/c1-7-5-8(15)6-10-12(14(17)18)9-3-2-4-11(9)16-13(7)10/h5-6H,2-4H2,1H3,(H,17,18). The molecule has 1 N–H and O–H groups in total. The monoisotopic (exact) mass is 261 g/mol. The quantitative estimate of drug-likeness (QED) is 0.856. The molecule has 0 saturated heterocycles. The molecule has 1 aromatic heterocycles. The molecule has 0 aliphatic heterocycles. The topological polar surface area (TPSA) is 50.2 Å². The molecular weight excluding hydrogens is 250 g/mol. The maximum atomic E-state index is 11.5. The van der Waals surface area contributed by atoms with E-state index in [4.69, 9.17) is 11.6 Å². The fourth-order valence-electron chi connectivity index (χ4n) is 2.74. The Balaban J connectivity index is 2.50. The molecule has 1 aliphatic rings. The van der Waals surface area contributed by atoms with Gasteiger partial charge in [0.25, 0.3) is 0 Å². The summed E-state index contributed by atoms with van der Waals surface area (Å²) in [5.41, 5.74) is 3.90. The largest absolute Gasteiger partial charge is 0.478 e. The van der Waals surface area contributed by atoms with Gasteiger partial charge >= 0.3 is 5.97 Å². The summed E-state index contributed by atoms with van der Waals surface area (Å²) in [4.78, 5) is 16.1. The molecule has 1 aromatic carbocycles. The van der Waals surface area contributed by atoms with Crippen molar-refractivity contribution in [3.05, 3.63) is 39.5 Å². The zero-order valence-electron chi connectivity index (χ0n) is 9.96. The molecule has 1 heterocycles. The number of hydrogen-bond donors (Lipinski definition) is 1. The number of nitrogens with zero attached hydrogens (tertiary/aromatic N) is 1. The van der Waals surface area contributed by atoms with Crippen LogP contribution in [0, 0.1) is 6.92 Å². The van der Waals surface area contributed by atoms with Crippen molar-refractivity contribution in [1.29, 1.82) is 0 Å². The van der Waals surface area contributed by atoms with Crippen LogP contribution in [0.15, 0.2) is 12.1 Å². The summed E-state index contributed by atoms with van der Waals surface area (Å²) >= 11 is 6.03. The molecule has 92 valence electrons. The first-order valence-corrected chi connectivity index (χ1v) is 6.30. The van der Waals surface area contributed by atoms with Crippen LogP contribution in [0.2, 0.25) is 5.02 Å². The number of halogens is 1. The Labute approximate surface area is 109 Å². The minimum atomic E-state index is -0.887. The number of carboxylic acids is 1. The lowest BCUT2D eigenvalue weighted by atomic mass is 9.99. The molecule has 0 atom stereocenters. The molecule has 18 heavy (non-hydrogen) atoms. The van der Waals surface area contributed by atoms with Gasteiger partial charge in [-0.2, -0.15) is 0 Å². The van der Waals surface area contributed by atoms with Crippen LogP contribution in [-0.4, -0.2) is 16.1 Å². The molecule has 1 aliphatic carbocycles. The number of hydrogen-bond acceptors (Lipinski definition) is 2. The summed E-state index contributed by atoms with van der Waals surface area (Å²) in [5, 5.41) is 10.7. The van der Waals surface area contributed by atoms with Crippen LogP contribution < -0.4 is 0 Å². The van der Waals surface area contributed by atoms with Crippen LogP contribution in [-0.2, 0) is 12.8 Å². The maximum absolute atomic E-state index is 11.5. The van der Waals surface area contributed by atoms with Crippen molar-refractivity contribution in [2.24, 2.45) is 0 Å². The highest BCUT2D eigenvalue weighted by atomic mass is 35.5. The van der Waals surface area contributed by atoms with Crippen molar-refractivity contribution in [3.63, 3.8) is 0 Å². The van der Waals surface area contributed by atoms with E-state index in [1.807, 2.05) is 13.0 Å². The number of aromatic carboxylic acids is 1. The Kier molecular flexibility index (Phi) is 2.52. The van der Waals surface area contributed by atoms with Crippen molar-refractivity contribution in [1.82, 2.24) is 4.98 Å². The zero-order chi connectivity index (χ0) is 12.9. The number of carbonyl (C=O) groups is 1. The van der Waals surface area contributed by atoms with E-state index in [1.165, 1.54) is 0 Å². The first kappa shape index (κ1) is 11.5. The highest BCUT2D eigenvalue weighted by Gasteiger charge is 2.24. The summed E-state index contributed by atoms with van der Waals surface area (Å²) in [5.74, 6) is -0.887. The lowest BCUT2D eigenvalue weighted by molar-refractivity contribution is 0.0698. The fourth-order valence-corrected chi connectivity index (χ4v) is 3.01. The van der Waals surface area contributed by atoms with Crippen molar-refractivity contribution >= 4 is 28.5 Å². The van der Waals surface area contributed by atoms with Crippen molar-refractivity contribution in [2.45, 2.75) is 26.2 Å². The molecule has 0 unspecified atom stereocenters. The Morgan fingerprint density at radius 3 is 2.89 bits per heavy atom. The van der Waals surface area contributed by atoms with Gasteiger partial charge in [0.15, 0.2) is 0 Å². The number of carboxylic acid groups (broad SMARTS) is 1. The lowest BCUT2D eigenvalue weighted by Crippen LogP contribution is -2.06. The molecule has 3 nitrogen and oxygen atoms in total. The van der Waals surface area contributed by atoms with Crippen molar-refractivity contribution in [3.8, 4) is 0 Å². The molecule has 0 fully saturated rings. The van der Waals surface area contributed by atoms with Crippen LogP contribution in [0.3, 0.4) is 0 Å². The summed E-state index contributed by atoms with van der Waals surface area (Å²) in [6.45, 7) is 1.91. The first-order valence-electron chi connectivity index (χ1n) is 5.93. The van der Waals surface area contributed by atoms with Gasteiger partial charge in [0.2, 0.25) is 0 Å². The summed E-state index contributed by atoms with van der Waals surface area (Å²) in [6, 6.07) is 3.53. The van der Waals surface area contributed by atoms with Gasteiger partial charge in [-0.05, 0) is 49.4 Å². The Morgan fingerprint density at radius 1 is 1.39 bits per heavy atom. The van der Waals surface area contributed by atoms with Gasteiger partial charge in [-0.1, -0.05) is 11.6 Å². The summed E-state index contributed by atoms with van der Waals surface area (Å²) in [7, 11) is 0. The van der Waals surface area contributed by atoms with Crippen molar-refractivity contribution in [2.75, 3.05) is 0 Å². The van der Waals surface area contributed by atoms with E-state index in [-0.39, 0.29) is 0 Å². The molecule has 0 saturated carbocycles. The zero-order valence-corrected chi connectivity index (χ0v) is 10.7. The predicted octanol–water partition coefficient (Wildman–Crippen LogP) is 3.38. The normalized spacial score (nSPS) is 13.9. The average Bonchev–Trinajstić information content (AvgIpc) is 2.73. The third kappa shape index (κ3) is 1.58. The first-order chi connectivity index (χ1) is 8.58. The molecule has 0 spiro atoms. The Bertz CT molecular complexity index is 679.